The number of carbonyl (C=O) groups is 1. The van der Waals surface area contributed by atoms with Crippen LogP contribution in [0.4, 0.5) is 0 Å². The number of ether oxygens (including phenoxy) is 1. The second kappa shape index (κ2) is 8.77. The van der Waals surface area contributed by atoms with Crippen LogP contribution >= 0.6 is 0 Å². The summed E-state index contributed by atoms with van der Waals surface area (Å²) < 4.78 is 5.14. The summed E-state index contributed by atoms with van der Waals surface area (Å²) in [5, 5.41) is 15.9. The Morgan fingerprint density at radius 1 is 1.33 bits per heavy atom. The SMILES string of the molecule is O=C(CCCNCc1ccccc1)N[C@@H]1CCOC[C@H]1O. The maximum atomic E-state index is 11.8. The number of aliphatic hydroxyl groups is 1. The van der Waals surface area contributed by atoms with Crippen molar-refractivity contribution in [2.24, 2.45) is 0 Å². The first kappa shape index (κ1) is 15.9. The number of aliphatic hydroxyl groups excluding tert-OH is 1. The van der Waals surface area contributed by atoms with Crippen LogP contribution in [-0.4, -0.2) is 42.9 Å². The number of hydrogen-bond acceptors (Lipinski definition) is 4. The molecule has 21 heavy (non-hydrogen) atoms. The molecule has 5 heteroatoms. The molecule has 1 amide bonds. The fourth-order valence-electron chi connectivity index (χ4n) is 2.37. The summed E-state index contributed by atoms with van der Waals surface area (Å²) in [6.45, 7) is 2.53. The highest BCUT2D eigenvalue weighted by Gasteiger charge is 2.24. The largest absolute Gasteiger partial charge is 0.389 e. The number of carbonyl (C=O) groups excluding carboxylic acids is 1. The molecular weight excluding hydrogens is 268 g/mol. The molecule has 1 heterocycles. The van der Waals surface area contributed by atoms with Crippen LogP contribution in [0.5, 0.6) is 0 Å². The van der Waals surface area contributed by atoms with Gasteiger partial charge in [0.15, 0.2) is 0 Å². The van der Waals surface area contributed by atoms with E-state index in [1.54, 1.807) is 0 Å². The predicted molar refractivity (Wildman–Crippen MR) is 80.8 cm³/mol. The number of nitrogens with one attached hydrogen (secondary N) is 2. The molecule has 1 fully saturated rings. The van der Waals surface area contributed by atoms with E-state index in [0.717, 1.165) is 19.5 Å². The summed E-state index contributed by atoms with van der Waals surface area (Å²) in [7, 11) is 0. The summed E-state index contributed by atoms with van der Waals surface area (Å²) in [4.78, 5) is 11.8. The normalized spacial score (nSPS) is 22.0. The zero-order chi connectivity index (χ0) is 14.9. The van der Waals surface area contributed by atoms with Gasteiger partial charge in [-0.3, -0.25) is 4.79 Å². The van der Waals surface area contributed by atoms with E-state index < -0.39 is 6.10 Å². The molecule has 1 aromatic rings. The molecule has 116 valence electrons. The molecule has 0 saturated carbocycles. The minimum absolute atomic E-state index is 0.00228. The van der Waals surface area contributed by atoms with Gasteiger partial charge >= 0.3 is 0 Å². The Morgan fingerprint density at radius 2 is 2.14 bits per heavy atom. The van der Waals surface area contributed by atoms with Gasteiger partial charge in [-0.15, -0.1) is 0 Å². The summed E-state index contributed by atoms with van der Waals surface area (Å²) in [6, 6.07) is 10.0. The van der Waals surface area contributed by atoms with Crippen molar-refractivity contribution >= 4 is 5.91 Å². The molecular formula is C16H24N2O3. The third kappa shape index (κ3) is 5.83. The average Bonchev–Trinajstić information content (AvgIpc) is 2.50. The zero-order valence-electron chi connectivity index (χ0n) is 12.3. The van der Waals surface area contributed by atoms with E-state index in [9.17, 15) is 9.90 Å². The molecule has 5 nitrogen and oxygen atoms in total. The monoisotopic (exact) mass is 292 g/mol. The quantitative estimate of drug-likeness (QED) is 0.651. The van der Waals surface area contributed by atoms with Crippen molar-refractivity contribution in [3.8, 4) is 0 Å². The molecule has 0 radical (unpaired) electrons. The molecule has 0 spiro atoms. The van der Waals surface area contributed by atoms with Gasteiger partial charge in [-0.2, -0.15) is 0 Å². The molecule has 3 N–H and O–H groups in total. The second-order valence-corrected chi connectivity index (χ2v) is 5.37. The Labute approximate surface area is 125 Å². The van der Waals surface area contributed by atoms with Gasteiger partial charge < -0.3 is 20.5 Å². The van der Waals surface area contributed by atoms with Crippen molar-refractivity contribution in [2.75, 3.05) is 19.8 Å². The molecule has 0 aromatic heterocycles. The number of rotatable bonds is 7. The summed E-state index contributed by atoms with van der Waals surface area (Å²) >= 11 is 0. The molecule has 1 aliphatic heterocycles. The highest BCUT2D eigenvalue weighted by molar-refractivity contribution is 5.76. The molecule has 0 unspecified atom stereocenters. The third-order valence-electron chi connectivity index (χ3n) is 3.60. The van der Waals surface area contributed by atoms with E-state index in [0.29, 0.717) is 26.1 Å². The van der Waals surface area contributed by atoms with E-state index in [1.807, 2.05) is 18.2 Å². The molecule has 0 aliphatic carbocycles. The van der Waals surface area contributed by atoms with Crippen LogP contribution in [0.2, 0.25) is 0 Å². The van der Waals surface area contributed by atoms with Gasteiger partial charge in [0.05, 0.1) is 18.8 Å². The standard InChI is InChI=1S/C16H24N2O3/c19-15-12-21-10-8-14(15)18-16(20)7-4-9-17-11-13-5-2-1-3-6-13/h1-3,5-6,14-15,17,19H,4,7-12H2,(H,18,20)/t14-,15-/m1/s1. The Kier molecular flexibility index (Phi) is 6.66. The molecule has 1 aliphatic rings. The molecule has 1 saturated heterocycles. The third-order valence-corrected chi connectivity index (χ3v) is 3.60. The fraction of sp³-hybridized carbons (Fsp3) is 0.562. The Morgan fingerprint density at radius 3 is 2.90 bits per heavy atom. The molecule has 2 rings (SSSR count). The van der Waals surface area contributed by atoms with Crippen LogP contribution in [0.3, 0.4) is 0 Å². The first-order valence-electron chi connectivity index (χ1n) is 7.55. The van der Waals surface area contributed by atoms with E-state index in [1.165, 1.54) is 5.56 Å². The maximum Gasteiger partial charge on any atom is 0.220 e. The van der Waals surface area contributed by atoms with Gasteiger partial charge in [-0.05, 0) is 24.9 Å². The summed E-state index contributed by atoms with van der Waals surface area (Å²) in [6.07, 6.45) is 1.36. The lowest BCUT2D eigenvalue weighted by molar-refractivity contribution is -0.124. The van der Waals surface area contributed by atoms with E-state index in [2.05, 4.69) is 22.8 Å². The van der Waals surface area contributed by atoms with Crippen molar-refractivity contribution in [1.82, 2.24) is 10.6 Å². The Bertz CT molecular complexity index is 425. The highest BCUT2D eigenvalue weighted by Crippen LogP contribution is 2.07. The van der Waals surface area contributed by atoms with Crippen LogP contribution in [0.25, 0.3) is 0 Å². The van der Waals surface area contributed by atoms with Crippen molar-refractivity contribution in [1.29, 1.82) is 0 Å². The first-order chi connectivity index (χ1) is 10.3. The average molecular weight is 292 g/mol. The maximum absolute atomic E-state index is 11.8. The smallest absolute Gasteiger partial charge is 0.220 e. The second-order valence-electron chi connectivity index (χ2n) is 5.37. The van der Waals surface area contributed by atoms with Crippen LogP contribution in [0.1, 0.15) is 24.8 Å². The topological polar surface area (TPSA) is 70.6 Å². The van der Waals surface area contributed by atoms with Crippen molar-refractivity contribution in [3.05, 3.63) is 35.9 Å². The van der Waals surface area contributed by atoms with Gasteiger partial charge in [-0.25, -0.2) is 0 Å². The van der Waals surface area contributed by atoms with Gasteiger partial charge in [-0.1, -0.05) is 30.3 Å². The van der Waals surface area contributed by atoms with Gasteiger partial charge in [0, 0.05) is 19.6 Å². The summed E-state index contributed by atoms with van der Waals surface area (Å²) in [5.74, 6) is 0.00228. The summed E-state index contributed by atoms with van der Waals surface area (Å²) in [5.41, 5.74) is 1.24. The van der Waals surface area contributed by atoms with Crippen molar-refractivity contribution in [3.63, 3.8) is 0 Å². The fourth-order valence-corrected chi connectivity index (χ4v) is 2.37. The van der Waals surface area contributed by atoms with Crippen molar-refractivity contribution < 1.29 is 14.6 Å². The Balaban J connectivity index is 1.55. The number of amides is 1. The van der Waals surface area contributed by atoms with Gasteiger partial charge in [0.25, 0.3) is 0 Å². The number of benzene rings is 1. The van der Waals surface area contributed by atoms with Crippen molar-refractivity contribution in [2.45, 2.75) is 38.0 Å². The van der Waals surface area contributed by atoms with Gasteiger partial charge in [0.1, 0.15) is 0 Å². The lowest BCUT2D eigenvalue weighted by Gasteiger charge is -2.28. The van der Waals surface area contributed by atoms with Gasteiger partial charge in [0.2, 0.25) is 5.91 Å². The van der Waals surface area contributed by atoms with E-state index in [4.69, 9.17) is 4.74 Å². The van der Waals surface area contributed by atoms with E-state index in [-0.39, 0.29) is 11.9 Å². The van der Waals surface area contributed by atoms with Crippen LogP contribution in [0.15, 0.2) is 30.3 Å². The Hall–Kier alpha value is -1.43. The lowest BCUT2D eigenvalue weighted by Crippen LogP contribution is -2.48. The predicted octanol–water partition coefficient (Wildman–Crippen LogP) is 0.822. The first-order valence-corrected chi connectivity index (χ1v) is 7.55. The number of hydrogen-bond donors (Lipinski definition) is 3. The van der Waals surface area contributed by atoms with Crippen LogP contribution in [0, 0.1) is 0 Å². The zero-order valence-corrected chi connectivity index (χ0v) is 12.3. The minimum Gasteiger partial charge on any atom is -0.389 e. The van der Waals surface area contributed by atoms with Crippen LogP contribution < -0.4 is 10.6 Å². The molecule has 0 bridgehead atoms. The minimum atomic E-state index is -0.584. The van der Waals surface area contributed by atoms with Crippen LogP contribution in [-0.2, 0) is 16.1 Å². The molecule has 2 atom stereocenters. The highest BCUT2D eigenvalue weighted by atomic mass is 16.5. The lowest BCUT2D eigenvalue weighted by atomic mass is 10.1. The van der Waals surface area contributed by atoms with E-state index >= 15 is 0 Å². The molecule has 1 aromatic carbocycles.